The van der Waals surface area contributed by atoms with Gasteiger partial charge in [-0.15, -0.1) is 15.3 Å². The number of aromatic nitrogens is 5. The molecule has 0 radical (unpaired) electrons. The lowest BCUT2D eigenvalue weighted by atomic mass is 10.7. The Bertz CT molecular complexity index is 449. The molecule has 74 valence electrons. The zero-order valence-electron chi connectivity index (χ0n) is 7.80. The molecule has 0 fully saturated rings. The molecule has 14 heavy (non-hydrogen) atoms. The second kappa shape index (κ2) is 3.43. The molecule has 0 bridgehead atoms. The Morgan fingerprint density at radius 1 is 1.36 bits per heavy atom. The molecule has 0 saturated carbocycles. The van der Waals surface area contributed by atoms with Crippen LogP contribution in [0, 0.1) is 13.8 Å². The zero-order chi connectivity index (χ0) is 10.1. The predicted molar refractivity (Wildman–Crippen MR) is 50.2 cm³/mol. The number of rotatable bonds is 2. The van der Waals surface area contributed by atoms with E-state index in [4.69, 9.17) is 5.11 Å². The van der Waals surface area contributed by atoms with Crippen LogP contribution < -0.4 is 0 Å². The van der Waals surface area contributed by atoms with Gasteiger partial charge in [0.25, 0.3) is 0 Å². The summed E-state index contributed by atoms with van der Waals surface area (Å²) in [6.45, 7) is 3.57. The van der Waals surface area contributed by atoms with Gasteiger partial charge < -0.3 is 5.11 Å². The molecule has 6 nitrogen and oxygen atoms in total. The van der Waals surface area contributed by atoms with Gasteiger partial charge >= 0.3 is 0 Å². The molecule has 0 aliphatic heterocycles. The first kappa shape index (κ1) is 9.22. The fraction of sp³-hybridized carbons (Fsp3) is 0.429. The van der Waals surface area contributed by atoms with E-state index in [9.17, 15) is 0 Å². The molecule has 2 aromatic rings. The van der Waals surface area contributed by atoms with E-state index < -0.39 is 0 Å². The Hall–Kier alpha value is -1.34. The molecule has 1 N–H and O–H groups in total. The van der Waals surface area contributed by atoms with Crippen LogP contribution in [0.1, 0.15) is 16.7 Å². The van der Waals surface area contributed by atoms with E-state index in [-0.39, 0.29) is 6.61 Å². The fourth-order valence-corrected chi connectivity index (χ4v) is 1.79. The average molecular weight is 211 g/mol. The highest BCUT2D eigenvalue weighted by molar-refractivity contribution is 7.13. The third kappa shape index (κ3) is 1.51. The van der Waals surface area contributed by atoms with Crippen molar-refractivity contribution in [2.45, 2.75) is 20.5 Å². The Morgan fingerprint density at radius 2 is 2.14 bits per heavy atom. The van der Waals surface area contributed by atoms with Crippen molar-refractivity contribution in [3.05, 3.63) is 16.7 Å². The maximum Gasteiger partial charge on any atom is 0.234 e. The monoisotopic (exact) mass is 211 g/mol. The van der Waals surface area contributed by atoms with E-state index >= 15 is 0 Å². The Balaban J connectivity index is 2.43. The number of hydrogen-bond acceptors (Lipinski definition) is 6. The van der Waals surface area contributed by atoms with Crippen molar-refractivity contribution in [2.24, 2.45) is 0 Å². The normalized spacial score (nSPS) is 10.8. The van der Waals surface area contributed by atoms with E-state index in [1.807, 2.05) is 13.8 Å². The van der Waals surface area contributed by atoms with Crippen LogP contribution in [0.15, 0.2) is 0 Å². The fourth-order valence-electron chi connectivity index (χ4n) is 1.10. The van der Waals surface area contributed by atoms with E-state index in [1.165, 1.54) is 11.3 Å². The lowest BCUT2D eigenvalue weighted by Crippen LogP contribution is -1.98. The second-order valence-electron chi connectivity index (χ2n) is 2.75. The van der Waals surface area contributed by atoms with Crippen molar-refractivity contribution >= 4 is 11.3 Å². The first-order chi connectivity index (χ1) is 6.70. The van der Waals surface area contributed by atoms with Crippen LogP contribution in [0.25, 0.3) is 5.13 Å². The predicted octanol–water partition coefficient (Wildman–Crippen LogP) is 0.228. The lowest BCUT2D eigenvalue weighted by molar-refractivity contribution is 0.280. The van der Waals surface area contributed by atoms with Gasteiger partial charge in [-0.3, -0.25) is 0 Å². The minimum absolute atomic E-state index is 0.0929. The summed E-state index contributed by atoms with van der Waals surface area (Å²) in [6.07, 6.45) is 0. The quantitative estimate of drug-likeness (QED) is 0.769. The van der Waals surface area contributed by atoms with Crippen molar-refractivity contribution in [3.8, 4) is 5.13 Å². The summed E-state index contributed by atoms with van der Waals surface area (Å²) in [5.41, 5.74) is 0. The molecule has 2 rings (SSSR count). The minimum Gasteiger partial charge on any atom is -0.389 e. The van der Waals surface area contributed by atoms with Crippen LogP contribution in [-0.4, -0.2) is 30.1 Å². The second-order valence-corrected chi connectivity index (χ2v) is 3.80. The highest BCUT2D eigenvalue weighted by Crippen LogP contribution is 2.14. The SMILES string of the molecule is Cc1nc(C)n(-c2nnc(CO)s2)n1. The van der Waals surface area contributed by atoms with Crippen LogP contribution in [0.5, 0.6) is 0 Å². The number of aryl methyl sites for hydroxylation is 2. The summed E-state index contributed by atoms with van der Waals surface area (Å²) in [4.78, 5) is 4.15. The molecule has 2 heterocycles. The van der Waals surface area contributed by atoms with Crippen molar-refractivity contribution in [2.75, 3.05) is 0 Å². The van der Waals surface area contributed by atoms with E-state index in [0.717, 1.165) is 5.82 Å². The van der Waals surface area contributed by atoms with E-state index in [0.29, 0.717) is 16.0 Å². The maximum absolute atomic E-state index is 8.83. The number of aliphatic hydroxyl groups is 1. The number of hydrogen-bond donors (Lipinski definition) is 1. The van der Waals surface area contributed by atoms with Crippen molar-refractivity contribution in [3.63, 3.8) is 0 Å². The molecule has 2 aromatic heterocycles. The standard InChI is InChI=1S/C7H9N5OS/c1-4-8-5(2)12(11-4)7-10-9-6(3-13)14-7/h13H,3H2,1-2H3. The summed E-state index contributed by atoms with van der Waals surface area (Å²) in [7, 11) is 0. The smallest absolute Gasteiger partial charge is 0.234 e. The highest BCUT2D eigenvalue weighted by atomic mass is 32.1. The van der Waals surface area contributed by atoms with Crippen molar-refractivity contribution in [1.82, 2.24) is 25.0 Å². The van der Waals surface area contributed by atoms with E-state index in [1.54, 1.807) is 4.68 Å². The third-order valence-electron chi connectivity index (χ3n) is 1.65. The van der Waals surface area contributed by atoms with Gasteiger partial charge in [-0.2, -0.15) is 4.68 Å². The van der Waals surface area contributed by atoms with Gasteiger partial charge in [-0.05, 0) is 13.8 Å². The van der Waals surface area contributed by atoms with Crippen molar-refractivity contribution in [1.29, 1.82) is 0 Å². The number of nitrogens with zero attached hydrogens (tertiary/aromatic N) is 5. The van der Waals surface area contributed by atoms with Gasteiger partial charge in [0.2, 0.25) is 5.13 Å². The molecule has 7 heteroatoms. The van der Waals surface area contributed by atoms with Crippen LogP contribution in [0.4, 0.5) is 0 Å². The molecular formula is C7H9N5OS. The Labute approximate surface area is 84.3 Å². The minimum atomic E-state index is -0.0929. The molecule has 0 amide bonds. The Kier molecular flexibility index (Phi) is 2.26. The first-order valence-corrected chi connectivity index (χ1v) is 4.86. The molecular weight excluding hydrogens is 202 g/mol. The van der Waals surface area contributed by atoms with E-state index in [2.05, 4.69) is 20.3 Å². The molecule has 0 spiro atoms. The number of aliphatic hydroxyl groups excluding tert-OH is 1. The van der Waals surface area contributed by atoms with Gasteiger partial charge in [0, 0.05) is 0 Å². The molecule has 0 aliphatic rings. The Morgan fingerprint density at radius 3 is 2.64 bits per heavy atom. The van der Waals surface area contributed by atoms with Crippen LogP contribution in [0.3, 0.4) is 0 Å². The summed E-state index contributed by atoms with van der Waals surface area (Å²) in [5.74, 6) is 1.46. The van der Waals surface area contributed by atoms with Gasteiger partial charge in [0.15, 0.2) is 0 Å². The van der Waals surface area contributed by atoms with Crippen molar-refractivity contribution < 1.29 is 5.11 Å². The maximum atomic E-state index is 8.83. The first-order valence-electron chi connectivity index (χ1n) is 4.04. The lowest BCUT2D eigenvalue weighted by Gasteiger charge is -1.93. The summed E-state index contributed by atoms with van der Waals surface area (Å²) < 4.78 is 1.62. The molecule has 0 atom stereocenters. The highest BCUT2D eigenvalue weighted by Gasteiger charge is 2.10. The molecule has 0 saturated heterocycles. The van der Waals surface area contributed by atoms with Crippen LogP contribution in [-0.2, 0) is 6.61 Å². The largest absolute Gasteiger partial charge is 0.389 e. The summed E-state index contributed by atoms with van der Waals surface area (Å²) in [6, 6.07) is 0. The van der Waals surface area contributed by atoms with Crippen LogP contribution >= 0.6 is 11.3 Å². The molecule has 0 unspecified atom stereocenters. The summed E-state index contributed by atoms with van der Waals surface area (Å²) in [5, 5.41) is 21.9. The average Bonchev–Trinajstić information content (AvgIpc) is 2.71. The van der Waals surface area contributed by atoms with Gasteiger partial charge in [-0.1, -0.05) is 11.3 Å². The topological polar surface area (TPSA) is 76.7 Å². The summed E-state index contributed by atoms with van der Waals surface area (Å²) >= 11 is 1.30. The molecule has 0 aromatic carbocycles. The van der Waals surface area contributed by atoms with Gasteiger partial charge in [-0.25, -0.2) is 4.98 Å². The zero-order valence-corrected chi connectivity index (χ0v) is 8.62. The molecule has 0 aliphatic carbocycles. The third-order valence-corrected chi connectivity index (χ3v) is 2.53. The van der Waals surface area contributed by atoms with Gasteiger partial charge in [0.05, 0.1) is 6.61 Å². The van der Waals surface area contributed by atoms with Gasteiger partial charge in [0.1, 0.15) is 16.7 Å². The van der Waals surface area contributed by atoms with Crippen LogP contribution in [0.2, 0.25) is 0 Å².